The predicted molar refractivity (Wildman–Crippen MR) is 125 cm³/mol. The molecular formula is C26H32N2O5. The molecule has 0 unspecified atom stereocenters. The normalized spacial score (nSPS) is 15.5. The molecule has 0 saturated carbocycles. The van der Waals surface area contributed by atoms with Crippen LogP contribution in [0.25, 0.3) is 0 Å². The Morgan fingerprint density at radius 1 is 1.06 bits per heavy atom. The number of ether oxygens (including phenoxy) is 1. The zero-order valence-corrected chi connectivity index (χ0v) is 19.0. The van der Waals surface area contributed by atoms with Crippen LogP contribution < -0.4 is 10.1 Å². The van der Waals surface area contributed by atoms with Gasteiger partial charge in [0, 0.05) is 24.4 Å². The molecule has 0 aromatic heterocycles. The van der Waals surface area contributed by atoms with Crippen molar-refractivity contribution in [2.45, 2.75) is 38.6 Å². The number of carboxylic acid groups (broad SMARTS) is 1. The van der Waals surface area contributed by atoms with Crippen molar-refractivity contribution in [3.8, 4) is 5.75 Å². The number of ketones is 1. The van der Waals surface area contributed by atoms with Crippen molar-refractivity contribution in [3.05, 3.63) is 65.7 Å². The maximum Gasteiger partial charge on any atom is 0.325 e. The van der Waals surface area contributed by atoms with Crippen LogP contribution in [0.2, 0.25) is 0 Å². The molecule has 3 rings (SSSR count). The lowest BCUT2D eigenvalue weighted by Crippen LogP contribution is -2.42. The highest BCUT2D eigenvalue weighted by atomic mass is 16.5. The highest BCUT2D eigenvalue weighted by Crippen LogP contribution is 2.20. The number of carboxylic acids is 1. The summed E-state index contributed by atoms with van der Waals surface area (Å²) in [5, 5.41) is 11.6. The van der Waals surface area contributed by atoms with Crippen LogP contribution >= 0.6 is 0 Å². The zero-order valence-electron chi connectivity index (χ0n) is 19.0. The van der Waals surface area contributed by atoms with Crippen molar-refractivity contribution < 1.29 is 24.2 Å². The molecule has 2 N–H and O–H groups in total. The molecule has 0 radical (unpaired) electrons. The Kier molecular flexibility index (Phi) is 9.01. The van der Waals surface area contributed by atoms with E-state index in [1.165, 1.54) is 19.8 Å². The monoisotopic (exact) mass is 452 g/mol. The van der Waals surface area contributed by atoms with Gasteiger partial charge in [-0.3, -0.25) is 19.3 Å². The highest BCUT2D eigenvalue weighted by Gasteiger charge is 2.26. The number of nitrogens with zero attached hydrogens (tertiary/aromatic N) is 1. The summed E-state index contributed by atoms with van der Waals surface area (Å²) < 4.78 is 5.85. The van der Waals surface area contributed by atoms with E-state index >= 15 is 0 Å². The van der Waals surface area contributed by atoms with Gasteiger partial charge in [-0.1, -0.05) is 42.5 Å². The number of carbonyl (C=O) groups is 3. The molecule has 7 heteroatoms. The second-order valence-electron chi connectivity index (χ2n) is 8.51. The molecule has 1 fully saturated rings. The van der Waals surface area contributed by atoms with Crippen molar-refractivity contribution in [1.29, 1.82) is 0 Å². The van der Waals surface area contributed by atoms with E-state index < -0.39 is 23.8 Å². The SMILES string of the molecule is C[C@H](NC(=O)[C@@H](CC(=O)c1cccc(OCCN2CCCC2)c1)Cc1ccccc1)C(=O)O. The van der Waals surface area contributed by atoms with Gasteiger partial charge in [0.2, 0.25) is 5.91 Å². The molecule has 0 bridgehead atoms. The topological polar surface area (TPSA) is 95.9 Å². The van der Waals surface area contributed by atoms with Crippen LogP contribution in [0.1, 0.15) is 42.1 Å². The Balaban J connectivity index is 1.64. The van der Waals surface area contributed by atoms with Crippen LogP contribution in [0.4, 0.5) is 0 Å². The van der Waals surface area contributed by atoms with Crippen LogP contribution in [0.3, 0.4) is 0 Å². The molecule has 1 aliphatic rings. The predicted octanol–water partition coefficient (Wildman–Crippen LogP) is 3.18. The summed E-state index contributed by atoms with van der Waals surface area (Å²) in [7, 11) is 0. The van der Waals surface area contributed by atoms with Crippen LogP contribution in [-0.4, -0.2) is 59.9 Å². The van der Waals surface area contributed by atoms with Gasteiger partial charge in [0.25, 0.3) is 0 Å². The Morgan fingerprint density at radius 2 is 1.79 bits per heavy atom. The second-order valence-corrected chi connectivity index (χ2v) is 8.51. The molecule has 33 heavy (non-hydrogen) atoms. The number of amides is 1. The Bertz CT molecular complexity index is 941. The third-order valence-electron chi connectivity index (χ3n) is 5.89. The Labute approximate surface area is 194 Å². The number of carbonyl (C=O) groups excluding carboxylic acids is 2. The van der Waals surface area contributed by atoms with Crippen LogP contribution in [0, 0.1) is 5.92 Å². The average molecular weight is 453 g/mol. The summed E-state index contributed by atoms with van der Waals surface area (Å²) >= 11 is 0. The first-order valence-corrected chi connectivity index (χ1v) is 11.5. The summed E-state index contributed by atoms with van der Waals surface area (Å²) in [6.07, 6.45) is 2.78. The van der Waals surface area contributed by atoms with Crippen LogP contribution in [-0.2, 0) is 16.0 Å². The molecule has 1 aliphatic heterocycles. The van der Waals surface area contributed by atoms with E-state index in [-0.39, 0.29) is 12.2 Å². The lowest BCUT2D eigenvalue weighted by molar-refractivity contribution is -0.141. The third-order valence-corrected chi connectivity index (χ3v) is 5.89. The lowest BCUT2D eigenvalue weighted by atomic mass is 9.91. The van der Waals surface area contributed by atoms with Gasteiger partial charge in [0.05, 0.1) is 0 Å². The van der Waals surface area contributed by atoms with Crippen molar-refractivity contribution in [1.82, 2.24) is 10.2 Å². The van der Waals surface area contributed by atoms with Crippen molar-refractivity contribution in [3.63, 3.8) is 0 Å². The van der Waals surface area contributed by atoms with Gasteiger partial charge in [-0.25, -0.2) is 0 Å². The number of rotatable bonds is 12. The molecule has 176 valence electrons. The smallest absolute Gasteiger partial charge is 0.325 e. The van der Waals surface area contributed by atoms with Gasteiger partial charge >= 0.3 is 5.97 Å². The van der Waals surface area contributed by atoms with Crippen LogP contribution in [0.15, 0.2) is 54.6 Å². The van der Waals surface area contributed by atoms with Gasteiger partial charge < -0.3 is 15.2 Å². The molecule has 0 aliphatic carbocycles. The molecule has 7 nitrogen and oxygen atoms in total. The number of aliphatic carboxylic acids is 1. The van der Waals surface area contributed by atoms with E-state index in [0.717, 1.165) is 25.2 Å². The lowest BCUT2D eigenvalue weighted by Gasteiger charge is -2.19. The molecule has 1 saturated heterocycles. The molecule has 1 heterocycles. The van der Waals surface area contributed by atoms with Gasteiger partial charge in [-0.2, -0.15) is 0 Å². The van der Waals surface area contributed by atoms with Crippen molar-refractivity contribution in [2.75, 3.05) is 26.2 Å². The van der Waals surface area contributed by atoms with Gasteiger partial charge in [-0.15, -0.1) is 0 Å². The fraction of sp³-hybridized carbons (Fsp3) is 0.423. The fourth-order valence-electron chi connectivity index (χ4n) is 3.95. The highest BCUT2D eigenvalue weighted by molar-refractivity contribution is 5.99. The van der Waals surface area contributed by atoms with Crippen molar-refractivity contribution in [2.24, 2.45) is 5.92 Å². The minimum absolute atomic E-state index is 0.0235. The van der Waals surface area contributed by atoms with E-state index in [9.17, 15) is 14.4 Å². The molecule has 0 spiro atoms. The van der Waals surface area contributed by atoms with E-state index in [0.29, 0.717) is 24.3 Å². The van der Waals surface area contributed by atoms with Gasteiger partial charge in [0.1, 0.15) is 18.4 Å². The summed E-state index contributed by atoms with van der Waals surface area (Å²) in [5.41, 5.74) is 1.39. The summed E-state index contributed by atoms with van der Waals surface area (Å²) in [6, 6.07) is 15.4. The summed E-state index contributed by atoms with van der Waals surface area (Å²) in [5.74, 6) is -1.80. The number of nitrogens with one attached hydrogen (secondary N) is 1. The number of hydrogen-bond donors (Lipinski definition) is 2. The minimum atomic E-state index is -1.12. The zero-order chi connectivity index (χ0) is 23.6. The second kappa shape index (κ2) is 12.2. The number of likely N-dealkylation sites (tertiary alicyclic amines) is 1. The van der Waals surface area contributed by atoms with E-state index in [1.807, 2.05) is 36.4 Å². The van der Waals surface area contributed by atoms with Gasteiger partial charge in [-0.05, 0) is 57.0 Å². The number of benzene rings is 2. The van der Waals surface area contributed by atoms with E-state index in [4.69, 9.17) is 9.84 Å². The molecule has 2 aromatic carbocycles. The molecule has 2 atom stereocenters. The van der Waals surface area contributed by atoms with Crippen LogP contribution in [0.5, 0.6) is 5.75 Å². The van der Waals surface area contributed by atoms with E-state index in [1.54, 1.807) is 18.2 Å². The molecule has 2 aromatic rings. The maximum absolute atomic E-state index is 13.0. The quantitative estimate of drug-likeness (QED) is 0.480. The Morgan fingerprint density at radius 3 is 2.48 bits per heavy atom. The number of hydrogen-bond acceptors (Lipinski definition) is 5. The summed E-state index contributed by atoms with van der Waals surface area (Å²) in [6.45, 7) is 5.04. The minimum Gasteiger partial charge on any atom is -0.492 e. The summed E-state index contributed by atoms with van der Waals surface area (Å²) in [4.78, 5) is 39.4. The first-order valence-electron chi connectivity index (χ1n) is 11.5. The Hall–Kier alpha value is -3.19. The van der Waals surface area contributed by atoms with Gasteiger partial charge in [0.15, 0.2) is 5.78 Å². The standard InChI is InChI=1S/C26H32N2O5/c1-19(26(31)32)27-25(30)22(16-20-8-3-2-4-9-20)18-24(29)21-10-7-11-23(17-21)33-15-14-28-12-5-6-13-28/h2-4,7-11,17,19,22H,5-6,12-16,18H2,1H3,(H,27,30)(H,31,32)/t19-,22+/m0/s1. The third kappa shape index (κ3) is 7.71. The fourth-order valence-corrected chi connectivity index (χ4v) is 3.95. The maximum atomic E-state index is 13.0. The molecule has 1 amide bonds. The van der Waals surface area contributed by atoms with Crippen molar-refractivity contribution >= 4 is 17.7 Å². The molecular weight excluding hydrogens is 420 g/mol. The largest absolute Gasteiger partial charge is 0.492 e. The first kappa shape index (κ1) is 24.5. The number of Topliss-reactive ketones (excluding diaryl/α,β-unsaturated/α-hetero) is 1. The average Bonchev–Trinajstić information content (AvgIpc) is 3.33. The first-order chi connectivity index (χ1) is 15.9. The van der Waals surface area contributed by atoms with E-state index in [2.05, 4.69) is 10.2 Å².